The van der Waals surface area contributed by atoms with Gasteiger partial charge < -0.3 is 14.8 Å². The first-order chi connectivity index (χ1) is 9.10. The van der Waals surface area contributed by atoms with Gasteiger partial charge in [-0.1, -0.05) is 12.1 Å². The molecule has 4 nitrogen and oxygen atoms in total. The number of hydrogen-bond donors (Lipinski definition) is 1. The minimum atomic E-state index is -0.178. The first-order valence-electron chi connectivity index (χ1n) is 6.72. The van der Waals surface area contributed by atoms with Crippen molar-refractivity contribution in [3.63, 3.8) is 0 Å². The zero-order chi connectivity index (χ0) is 13.8. The van der Waals surface area contributed by atoms with Gasteiger partial charge in [-0.3, -0.25) is 4.79 Å². The van der Waals surface area contributed by atoms with E-state index < -0.39 is 0 Å². The van der Waals surface area contributed by atoms with Gasteiger partial charge in [-0.05, 0) is 38.3 Å². The molecule has 0 radical (unpaired) electrons. The zero-order valence-electron chi connectivity index (χ0n) is 11.7. The van der Waals surface area contributed by atoms with E-state index in [2.05, 4.69) is 11.4 Å². The molecule has 1 unspecified atom stereocenters. The number of aryl methyl sites for hydroxylation is 1. The van der Waals surface area contributed by atoms with Crippen LogP contribution >= 0.6 is 0 Å². The van der Waals surface area contributed by atoms with Gasteiger partial charge in [0.1, 0.15) is 5.75 Å². The molecule has 0 fully saturated rings. The van der Waals surface area contributed by atoms with E-state index in [9.17, 15) is 4.79 Å². The average molecular weight is 263 g/mol. The van der Waals surface area contributed by atoms with Gasteiger partial charge in [0.25, 0.3) is 0 Å². The van der Waals surface area contributed by atoms with Crippen LogP contribution in [0.15, 0.2) is 18.2 Å². The SMILES string of the molecule is COC(=O)CC1CCc2cccc(OC(C)C)c2N1. The Morgan fingerprint density at radius 3 is 2.95 bits per heavy atom. The highest BCUT2D eigenvalue weighted by Crippen LogP contribution is 2.35. The molecule has 0 amide bonds. The molecular formula is C15H21NO3. The number of carbonyl (C=O) groups is 1. The van der Waals surface area contributed by atoms with E-state index in [1.165, 1.54) is 12.7 Å². The molecule has 1 heterocycles. The van der Waals surface area contributed by atoms with Crippen LogP contribution in [0.25, 0.3) is 0 Å². The lowest BCUT2D eigenvalue weighted by Crippen LogP contribution is -2.29. The van der Waals surface area contributed by atoms with Gasteiger partial charge in [-0.25, -0.2) is 0 Å². The Balaban J connectivity index is 2.15. The van der Waals surface area contributed by atoms with Crippen LogP contribution in [0.3, 0.4) is 0 Å². The molecule has 0 spiro atoms. The summed E-state index contributed by atoms with van der Waals surface area (Å²) in [5.74, 6) is 0.685. The third kappa shape index (κ3) is 3.40. The molecule has 19 heavy (non-hydrogen) atoms. The molecule has 1 N–H and O–H groups in total. The summed E-state index contributed by atoms with van der Waals surface area (Å²) >= 11 is 0. The van der Waals surface area contributed by atoms with Gasteiger partial charge in [0.2, 0.25) is 0 Å². The number of esters is 1. The van der Waals surface area contributed by atoms with Crippen LogP contribution in [0, 0.1) is 0 Å². The summed E-state index contributed by atoms with van der Waals surface area (Å²) in [5, 5.41) is 3.41. The lowest BCUT2D eigenvalue weighted by atomic mass is 9.96. The van der Waals surface area contributed by atoms with Crippen LogP contribution in [-0.4, -0.2) is 25.2 Å². The summed E-state index contributed by atoms with van der Waals surface area (Å²) in [5.41, 5.74) is 2.27. The number of anilines is 1. The fourth-order valence-corrected chi connectivity index (χ4v) is 2.34. The summed E-state index contributed by atoms with van der Waals surface area (Å²) in [7, 11) is 1.42. The summed E-state index contributed by atoms with van der Waals surface area (Å²) < 4.78 is 10.5. The highest BCUT2D eigenvalue weighted by molar-refractivity contribution is 5.72. The lowest BCUT2D eigenvalue weighted by molar-refractivity contribution is -0.140. The Labute approximate surface area is 114 Å². The standard InChI is InChI=1S/C15H21NO3/c1-10(2)19-13-6-4-5-11-7-8-12(16-15(11)13)9-14(17)18-3/h4-6,10,12,16H,7-9H2,1-3H3. The van der Waals surface area contributed by atoms with Crippen molar-refractivity contribution in [2.75, 3.05) is 12.4 Å². The van der Waals surface area contributed by atoms with Crippen molar-refractivity contribution in [3.8, 4) is 5.75 Å². The average Bonchev–Trinajstić information content (AvgIpc) is 2.38. The Hall–Kier alpha value is -1.71. The monoisotopic (exact) mass is 263 g/mol. The Morgan fingerprint density at radius 1 is 1.47 bits per heavy atom. The van der Waals surface area contributed by atoms with Gasteiger partial charge in [0, 0.05) is 6.04 Å². The molecular weight excluding hydrogens is 242 g/mol. The smallest absolute Gasteiger partial charge is 0.307 e. The summed E-state index contributed by atoms with van der Waals surface area (Å²) in [6.07, 6.45) is 2.42. The molecule has 2 rings (SSSR count). The highest BCUT2D eigenvalue weighted by atomic mass is 16.5. The zero-order valence-corrected chi connectivity index (χ0v) is 11.7. The number of para-hydroxylation sites is 1. The molecule has 0 aliphatic carbocycles. The van der Waals surface area contributed by atoms with Crippen molar-refractivity contribution in [1.29, 1.82) is 0 Å². The van der Waals surface area contributed by atoms with E-state index >= 15 is 0 Å². The van der Waals surface area contributed by atoms with E-state index in [4.69, 9.17) is 9.47 Å². The summed E-state index contributed by atoms with van der Waals surface area (Å²) in [6.45, 7) is 4.02. The molecule has 0 saturated carbocycles. The summed E-state index contributed by atoms with van der Waals surface area (Å²) in [4.78, 5) is 11.4. The second-order valence-electron chi connectivity index (χ2n) is 5.12. The molecule has 4 heteroatoms. The van der Waals surface area contributed by atoms with Crippen LogP contribution in [0.4, 0.5) is 5.69 Å². The van der Waals surface area contributed by atoms with E-state index in [1.54, 1.807) is 0 Å². The molecule has 1 aromatic rings. The Bertz CT molecular complexity index is 457. The quantitative estimate of drug-likeness (QED) is 0.849. The predicted octanol–water partition coefficient (Wildman–Crippen LogP) is 2.76. The van der Waals surface area contributed by atoms with Crippen LogP contribution < -0.4 is 10.1 Å². The van der Waals surface area contributed by atoms with Crippen molar-refractivity contribution >= 4 is 11.7 Å². The van der Waals surface area contributed by atoms with E-state index in [1.807, 2.05) is 26.0 Å². The number of benzene rings is 1. The topological polar surface area (TPSA) is 47.6 Å². The maximum absolute atomic E-state index is 11.4. The Morgan fingerprint density at radius 2 is 2.26 bits per heavy atom. The Kier molecular flexibility index (Phi) is 4.30. The predicted molar refractivity (Wildman–Crippen MR) is 74.6 cm³/mol. The summed E-state index contributed by atoms with van der Waals surface area (Å²) in [6, 6.07) is 6.20. The molecule has 104 valence electrons. The van der Waals surface area contributed by atoms with Crippen molar-refractivity contribution in [2.45, 2.75) is 45.3 Å². The molecule has 0 bridgehead atoms. The van der Waals surface area contributed by atoms with Crippen LogP contribution in [0.1, 0.15) is 32.3 Å². The number of methoxy groups -OCH3 is 1. The third-order valence-corrected chi connectivity index (χ3v) is 3.23. The van der Waals surface area contributed by atoms with Gasteiger partial charge in [-0.2, -0.15) is 0 Å². The molecule has 0 saturated heterocycles. The number of fused-ring (bicyclic) bond motifs is 1. The first kappa shape index (κ1) is 13.7. The molecule has 0 aromatic heterocycles. The molecule has 1 aromatic carbocycles. The number of nitrogens with one attached hydrogen (secondary N) is 1. The van der Waals surface area contributed by atoms with Crippen molar-refractivity contribution < 1.29 is 14.3 Å². The van der Waals surface area contributed by atoms with Crippen molar-refractivity contribution in [2.24, 2.45) is 0 Å². The lowest BCUT2D eigenvalue weighted by Gasteiger charge is -2.28. The normalized spacial score (nSPS) is 17.6. The highest BCUT2D eigenvalue weighted by Gasteiger charge is 2.23. The first-order valence-corrected chi connectivity index (χ1v) is 6.72. The number of hydrogen-bond acceptors (Lipinski definition) is 4. The van der Waals surface area contributed by atoms with Crippen molar-refractivity contribution in [1.82, 2.24) is 0 Å². The van der Waals surface area contributed by atoms with Gasteiger partial charge in [-0.15, -0.1) is 0 Å². The van der Waals surface area contributed by atoms with Gasteiger partial charge in [0.05, 0.1) is 25.3 Å². The van der Waals surface area contributed by atoms with E-state index in [-0.39, 0.29) is 18.1 Å². The van der Waals surface area contributed by atoms with Crippen LogP contribution in [0.5, 0.6) is 5.75 Å². The van der Waals surface area contributed by atoms with Crippen LogP contribution in [0.2, 0.25) is 0 Å². The molecule has 1 aliphatic rings. The van der Waals surface area contributed by atoms with E-state index in [0.29, 0.717) is 6.42 Å². The van der Waals surface area contributed by atoms with Gasteiger partial charge in [0.15, 0.2) is 0 Å². The number of carbonyl (C=O) groups excluding carboxylic acids is 1. The largest absolute Gasteiger partial charge is 0.489 e. The minimum Gasteiger partial charge on any atom is -0.489 e. The third-order valence-electron chi connectivity index (χ3n) is 3.23. The fraction of sp³-hybridized carbons (Fsp3) is 0.533. The van der Waals surface area contributed by atoms with Crippen molar-refractivity contribution in [3.05, 3.63) is 23.8 Å². The minimum absolute atomic E-state index is 0.122. The van der Waals surface area contributed by atoms with Gasteiger partial charge >= 0.3 is 5.97 Å². The second kappa shape index (κ2) is 5.95. The number of ether oxygens (including phenoxy) is 2. The maximum Gasteiger partial charge on any atom is 0.307 e. The maximum atomic E-state index is 11.4. The van der Waals surface area contributed by atoms with Crippen LogP contribution in [-0.2, 0) is 16.0 Å². The molecule has 1 atom stereocenters. The van der Waals surface area contributed by atoms with E-state index in [0.717, 1.165) is 24.3 Å². The molecule has 1 aliphatic heterocycles. The fourth-order valence-electron chi connectivity index (χ4n) is 2.34. The number of rotatable bonds is 4. The second-order valence-corrected chi connectivity index (χ2v) is 5.12.